The molecular formula is C15H25N. The summed E-state index contributed by atoms with van der Waals surface area (Å²) in [6.45, 7) is 9.70. The first kappa shape index (κ1) is 13.2. The van der Waals surface area contributed by atoms with Crippen LogP contribution in [0, 0.1) is 5.41 Å². The van der Waals surface area contributed by atoms with Gasteiger partial charge < -0.3 is 5.73 Å². The SMILES string of the molecule is CCC(C)(CN)Cc1ccc(C(C)C)cc1. The van der Waals surface area contributed by atoms with Crippen molar-refractivity contribution in [3.05, 3.63) is 35.4 Å². The second-order valence-electron chi connectivity index (χ2n) is 5.44. The number of rotatable bonds is 5. The molecule has 2 N–H and O–H groups in total. The molecule has 0 saturated carbocycles. The lowest BCUT2D eigenvalue weighted by Crippen LogP contribution is -2.28. The van der Waals surface area contributed by atoms with Gasteiger partial charge in [-0.3, -0.25) is 0 Å². The van der Waals surface area contributed by atoms with E-state index in [2.05, 4.69) is 52.0 Å². The quantitative estimate of drug-likeness (QED) is 0.802. The first-order chi connectivity index (χ1) is 7.50. The van der Waals surface area contributed by atoms with Crippen LogP contribution in [0.25, 0.3) is 0 Å². The van der Waals surface area contributed by atoms with Crippen LogP contribution in [0.4, 0.5) is 0 Å². The molecule has 0 amide bonds. The third kappa shape index (κ3) is 3.34. The Morgan fingerprint density at radius 2 is 1.75 bits per heavy atom. The number of hydrogen-bond donors (Lipinski definition) is 1. The molecule has 1 nitrogen and oxygen atoms in total. The predicted octanol–water partition coefficient (Wildman–Crippen LogP) is 3.73. The highest BCUT2D eigenvalue weighted by molar-refractivity contribution is 5.25. The molecule has 0 saturated heterocycles. The van der Waals surface area contributed by atoms with Gasteiger partial charge in [0, 0.05) is 0 Å². The molecule has 0 aliphatic carbocycles. The maximum Gasteiger partial charge on any atom is -0.00201 e. The fraction of sp³-hybridized carbons (Fsp3) is 0.600. The second kappa shape index (κ2) is 5.49. The summed E-state index contributed by atoms with van der Waals surface area (Å²) in [7, 11) is 0. The van der Waals surface area contributed by atoms with E-state index in [1.165, 1.54) is 11.1 Å². The van der Waals surface area contributed by atoms with E-state index in [-0.39, 0.29) is 5.41 Å². The van der Waals surface area contributed by atoms with Crippen molar-refractivity contribution in [2.24, 2.45) is 11.1 Å². The van der Waals surface area contributed by atoms with Gasteiger partial charge in [0.15, 0.2) is 0 Å². The summed E-state index contributed by atoms with van der Waals surface area (Å²) >= 11 is 0. The maximum absolute atomic E-state index is 5.84. The average Bonchev–Trinajstić information content (AvgIpc) is 2.29. The van der Waals surface area contributed by atoms with Crippen LogP contribution >= 0.6 is 0 Å². The van der Waals surface area contributed by atoms with Crippen molar-refractivity contribution >= 4 is 0 Å². The van der Waals surface area contributed by atoms with Crippen molar-refractivity contribution < 1.29 is 0 Å². The van der Waals surface area contributed by atoms with Gasteiger partial charge in [0.1, 0.15) is 0 Å². The Morgan fingerprint density at radius 1 is 1.19 bits per heavy atom. The summed E-state index contributed by atoms with van der Waals surface area (Å²) < 4.78 is 0. The lowest BCUT2D eigenvalue weighted by Gasteiger charge is -2.26. The Hall–Kier alpha value is -0.820. The van der Waals surface area contributed by atoms with Gasteiger partial charge in [0.05, 0.1) is 0 Å². The van der Waals surface area contributed by atoms with Crippen molar-refractivity contribution in [1.82, 2.24) is 0 Å². The molecular weight excluding hydrogens is 194 g/mol. The normalized spacial score (nSPS) is 15.1. The smallest absolute Gasteiger partial charge is 0.00201 e. The fourth-order valence-electron chi connectivity index (χ4n) is 1.85. The molecule has 1 heteroatoms. The van der Waals surface area contributed by atoms with Gasteiger partial charge >= 0.3 is 0 Å². The zero-order valence-electron chi connectivity index (χ0n) is 11.1. The largest absolute Gasteiger partial charge is 0.330 e. The molecule has 0 aromatic heterocycles. The lowest BCUT2D eigenvalue weighted by atomic mass is 9.81. The van der Waals surface area contributed by atoms with Crippen LogP contribution in [0.2, 0.25) is 0 Å². The molecule has 1 aromatic rings. The van der Waals surface area contributed by atoms with Gasteiger partial charge in [-0.2, -0.15) is 0 Å². The minimum atomic E-state index is 0.249. The summed E-state index contributed by atoms with van der Waals surface area (Å²) in [4.78, 5) is 0. The van der Waals surface area contributed by atoms with E-state index in [9.17, 15) is 0 Å². The number of hydrogen-bond acceptors (Lipinski definition) is 1. The first-order valence-electron chi connectivity index (χ1n) is 6.29. The Bertz CT molecular complexity index is 307. The second-order valence-corrected chi connectivity index (χ2v) is 5.44. The standard InChI is InChI=1S/C15H25N/c1-5-15(4,11-16)10-13-6-8-14(9-7-13)12(2)3/h6-9,12H,5,10-11,16H2,1-4H3. The van der Waals surface area contributed by atoms with Crippen molar-refractivity contribution in [1.29, 1.82) is 0 Å². The van der Waals surface area contributed by atoms with E-state index < -0.39 is 0 Å². The maximum atomic E-state index is 5.84. The molecule has 0 aliphatic rings. The molecule has 0 spiro atoms. The van der Waals surface area contributed by atoms with Gasteiger partial charge in [0.2, 0.25) is 0 Å². The third-order valence-electron chi connectivity index (χ3n) is 3.62. The molecule has 90 valence electrons. The van der Waals surface area contributed by atoms with Crippen LogP contribution in [-0.2, 0) is 6.42 Å². The molecule has 1 aromatic carbocycles. The van der Waals surface area contributed by atoms with Gasteiger partial charge in [-0.25, -0.2) is 0 Å². The monoisotopic (exact) mass is 219 g/mol. The minimum absolute atomic E-state index is 0.249. The van der Waals surface area contributed by atoms with E-state index >= 15 is 0 Å². The van der Waals surface area contributed by atoms with Crippen LogP contribution in [0.5, 0.6) is 0 Å². The first-order valence-corrected chi connectivity index (χ1v) is 6.29. The van der Waals surface area contributed by atoms with Crippen molar-refractivity contribution in [3.63, 3.8) is 0 Å². The summed E-state index contributed by atoms with van der Waals surface area (Å²) in [5.74, 6) is 0.612. The molecule has 0 radical (unpaired) electrons. The Morgan fingerprint density at radius 3 is 2.12 bits per heavy atom. The molecule has 0 heterocycles. The van der Waals surface area contributed by atoms with Crippen molar-refractivity contribution in [2.45, 2.75) is 46.5 Å². The van der Waals surface area contributed by atoms with E-state index in [1.807, 2.05) is 0 Å². The fourth-order valence-corrected chi connectivity index (χ4v) is 1.85. The lowest BCUT2D eigenvalue weighted by molar-refractivity contribution is 0.320. The Kier molecular flexibility index (Phi) is 4.55. The zero-order chi connectivity index (χ0) is 12.2. The third-order valence-corrected chi connectivity index (χ3v) is 3.62. The molecule has 0 aliphatic heterocycles. The number of nitrogens with two attached hydrogens (primary N) is 1. The molecule has 1 atom stereocenters. The van der Waals surface area contributed by atoms with Crippen LogP contribution in [-0.4, -0.2) is 6.54 Å². The zero-order valence-corrected chi connectivity index (χ0v) is 11.1. The molecule has 0 bridgehead atoms. The summed E-state index contributed by atoms with van der Waals surface area (Å²) in [6, 6.07) is 8.98. The molecule has 16 heavy (non-hydrogen) atoms. The van der Waals surface area contributed by atoms with E-state index in [0.717, 1.165) is 19.4 Å². The van der Waals surface area contributed by atoms with E-state index in [4.69, 9.17) is 5.73 Å². The molecule has 1 rings (SSSR count). The van der Waals surface area contributed by atoms with Crippen LogP contribution < -0.4 is 5.73 Å². The van der Waals surface area contributed by atoms with E-state index in [0.29, 0.717) is 5.92 Å². The van der Waals surface area contributed by atoms with E-state index in [1.54, 1.807) is 0 Å². The Balaban J connectivity index is 2.75. The molecule has 0 fully saturated rings. The van der Waals surface area contributed by atoms with Gasteiger partial charge in [0.25, 0.3) is 0 Å². The van der Waals surface area contributed by atoms with Gasteiger partial charge in [-0.1, -0.05) is 52.0 Å². The average molecular weight is 219 g/mol. The highest BCUT2D eigenvalue weighted by Gasteiger charge is 2.20. The summed E-state index contributed by atoms with van der Waals surface area (Å²) in [5, 5.41) is 0. The van der Waals surface area contributed by atoms with Crippen molar-refractivity contribution in [2.75, 3.05) is 6.54 Å². The predicted molar refractivity (Wildman–Crippen MR) is 71.7 cm³/mol. The highest BCUT2D eigenvalue weighted by Crippen LogP contribution is 2.25. The van der Waals surface area contributed by atoms with Crippen LogP contribution in [0.15, 0.2) is 24.3 Å². The van der Waals surface area contributed by atoms with Gasteiger partial charge in [-0.05, 0) is 41.8 Å². The van der Waals surface area contributed by atoms with Crippen LogP contribution in [0.3, 0.4) is 0 Å². The molecule has 1 unspecified atom stereocenters. The number of benzene rings is 1. The topological polar surface area (TPSA) is 26.0 Å². The van der Waals surface area contributed by atoms with Crippen LogP contribution in [0.1, 0.15) is 51.2 Å². The minimum Gasteiger partial charge on any atom is -0.330 e. The summed E-state index contributed by atoms with van der Waals surface area (Å²) in [6.07, 6.45) is 2.22. The highest BCUT2D eigenvalue weighted by atomic mass is 14.6. The summed E-state index contributed by atoms with van der Waals surface area (Å²) in [5.41, 5.74) is 8.91. The Labute approximate surface area is 100 Å². The van der Waals surface area contributed by atoms with Gasteiger partial charge in [-0.15, -0.1) is 0 Å². The van der Waals surface area contributed by atoms with Crippen molar-refractivity contribution in [3.8, 4) is 0 Å².